The maximum Gasteiger partial charge on any atom is 0.324 e. The summed E-state index contributed by atoms with van der Waals surface area (Å²) in [6.45, 7) is 0.538. The van der Waals surface area contributed by atoms with Crippen LogP contribution < -0.4 is 16.0 Å². The zero-order valence-corrected chi connectivity index (χ0v) is 16.4. The van der Waals surface area contributed by atoms with E-state index in [0.717, 1.165) is 11.9 Å². The maximum atomic E-state index is 12.4. The Morgan fingerprint density at radius 1 is 0.897 bits per heavy atom. The average Bonchev–Trinajstić information content (AvgIpc) is 3.36. The van der Waals surface area contributed by atoms with Gasteiger partial charge in [-0.15, -0.1) is 11.3 Å². The smallest absolute Gasteiger partial charge is 0.324 e. The Hall–Kier alpha value is -3.58. The average molecular weight is 404 g/mol. The number of nitrogens with one attached hydrogen (secondary N) is 4. The van der Waals surface area contributed by atoms with Gasteiger partial charge in [0.1, 0.15) is 0 Å². The van der Waals surface area contributed by atoms with Crippen molar-refractivity contribution < 1.29 is 9.59 Å². The summed E-state index contributed by atoms with van der Waals surface area (Å²) in [6.07, 6.45) is 2.72. The van der Waals surface area contributed by atoms with Crippen molar-refractivity contribution in [3.63, 3.8) is 0 Å². The largest absolute Gasteiger partial charge is 0.361 e. The van der Waals surface area contributed by atoms with Gasteiger partial charge < -0.3 is 15.6 Å². The van der Waals surface area contributed by atoms with E-state index in [0.29, 0.717) is 22.1 Å². The first-order valence-electron chi connectivity index (χ1n) is 9.25. The molecule has 0 spiro atoms. The number of anilines is 2. The van der Waals surface area contributed by atoms with Gasteiger partial charge in [0.2, 0.25) is 0 Å². The van der Waals surface area contributed by atoms with Gasteiger partial charge in [-0.2, -0.15) is 0 Å². The highest BCUT2D eigenvalue weighted by Crippen LogP contribution is 2.22. The van der Waals surface area contributed by atoms with E-state index >= 15 is 0 Å². The normalized spacial score (nSPS) is 10.6. The van der Waals surface area contributed by atoms with Crippen LogP contribution in [0.2, 0.25) is 0 Å². The Balaban J connectivity index is 1.28. The summed E-state index contributed by atoms with van der Waals surface area (Å²) in [5.74, 6) is -0.147. The molecular weight excluding hydrogens is 384 g/mol. The van der Waals surface area contributed by atoms with Gasteiger partial charge in [-0.1, -0.05) is 36.4 Å². The molecule has 0 aliphatic heterocycles. The van der Waals surface area contributed by atoms with Gasteiger partial charge in [0, 0.05) is 29.3 Å². The first kappa shape index (κ1) is 18.8. The van der Waals surface area contributed by atoms with Gasteiger partial charge in [-0.25, -0.2) is 4.79 Å². The molecule has 4 N–H and O–H groups in total. The summed E-state index contributed by atoms with van der Waals surface area (Å²) in [7, 11) is 0. The van der Waals surface area contributed by atoms with E-state index in [1.165, 1.54) is 22.3 Å². The standard InChI is InChI=1S/C22H20N4O2S/c27-21(23-13-12-15-14-24-18-9-5-4-8-17(15)18)19-10-11-20(29-19)26-22(28)25-16-6-2-1-3-7-16/h1-11,14,24H,12-13H2,(H,23,27)(H2,25,26,28). The summed E-state index contributed by atoms with van der Waals surface area (Å²) in [6, 6.07) is 20.4. The zero-order chi connectivity index (χ0) is 20.1. The lowest BCUT2D eigenvalue weighted by Gasteiger charge is -2.05. The third-order valence-corrected chi connectivity index (χ3v) is 5.45. The Bertz CT molecular complexity index is 1130. The van der Waals surface area contributed by atoms with Crippen LogP contribution in [0, 0.1) is 0 Å². The molecule has 4 rings (SSSR count). The van der Waals surface area contributed by atoms with Crippen LogP contribution in [-0.4, -0.2) is 23.5 Å². The molecular formula is C22H20N4O2S. The molecule has 2 heterocycles. The van der Waals surface area contributed by atoms with Gasteiger partial charge in [-0.3, -0.25) is 10.1 Å². The number of amides is 3. The molecule has 0 unspecified atom stereocenters. The van der Waals surface area contributed by atoms with E-state index in [2.05, 4.69) is 27.0 Å². The highest BCUT2D eigenvalue weighted by atomic mass is 32.1. The van der Waals surface area contributed by atoms with Crippen molar-refractivity contribution in [1.82, 2.24) is 10.3 Å². The van der Waals surface area contributed by atoms with E-state index in [-0.39, 0.29) is 11.9 Å². The highest BCUT2D eigenvalue weighted by molar-refractivity contribution is 7.18. The molecule has 2 aromatic heterocycles. The van der Waals surface area contributed by atoms with Crippen LogP contribution >= 0.6 is 11.3 Å². The molecule has 0 fully saturated rings. The molecule has 0 aliphatic carbocycles. The molecule has 0 radical (unpaired) electrons. The number of para-hydroxylation sites is 2. The molecule has 3 amide bonds. The lowest BCUT2D eigenvalue weighted by atomic mass is 10.1. The molecule has 29 heavy (non-hydrogen) atoms. The first-order chi connectivity index (χ1) is 14.2. The number of aromatic amines is 1. The van der Waals surface area contributed by atoms with Crippen molar-refractivity contribution >= 4 is 44.9 Å². The predicted molar refractivity (Wildman–Crippen MR) is 118 cm³/mol. The molecule has 0 atom stereocenters. The molecule has 0 aliphatic rings. The van der Waals surface area contributed by atoms with Crippen LogP contribution in [0.4, 0.5) is 15.5 Å². The number of aromatic nitrogens is 1. The summed E-state index contributed by atoms with van der Waals surface area (Å²) in [4.78, 5) is 28.2. The number of carbonyl (C=O) groups excluding carboxylic acids is 2. The minimum absolute atomic E-state index is 0.147. The van der Waals surface area contributed by atoms with E-state index in [1.807, 2.05) is 42.6 Å². The molecule has 7 heteroatoms. The molecule has 6 nitrogen and oxygen atoms in total. The number of fused-ring (bicyclic) bond motifs is 1. The number of carbonyl (C=O) groups is 2. The third-order valence-electron chi connectivity index (χ3n) is 4.45. The Labute approximate surface area is 172 Å². The van der Waals surface area contributed by atoms with Crippen molar-refractivity contribution in [2.75, 3.05) is 17.2 Å². The maximum absolute atomic E-state index is 12.4. The predicted octanol–water partition coefficient (Wildman–Crippen LogP) is 4.85. The van der Waals surface area contributed by atoms with Gasteiger partial charge in [0.25, 0.3) is 5.91 Å². The van der Waals surface area contributed by atoms with E-state index in [9.17, 15) is 9.59 Å². The highest BCUT2D eigenvalue weighted by Gasteiger charge is 2.11. The summed E-state index contributed by atoms with van der Waals surface area (Å²) in [5, 5.41) is 10.2. The van der Waals surface area contributed by atoms with E-state index in [4.69, 9.17) is 0 Å². The fourth-order valence-electron chi connectivity index (χ4n) is 3.06. The third kappa shape index (κ3) is 4.64. The number of thiophene rings is 1. The monoisotopic (exact) mass is 404 g/mol. The number of hydrogen-bond acceptors (Lipinski definition) is 3. The van der Waals surface area contributed by atoms with Crippen molar-refractivity contribution in [2.24, 2.45) is 0 Å². The molecule has 0 bridgehead atoms. The lowest BCUT2D eigenvalue weighted by molar-refractivity contribution is 0.0958. The van der Waals surface area contributed by atoms with E-state index in [1.54, 1.807) is 24.3 Å². The van der Waals surface area contributed by atoms with Gasteiger partial charge in [0.15, 0.2) is 0 Å². The zero-order valence-electron chi connectivity index (χ0n) is 15.6. The van der Waals surface area contributed by atoms with Crippen LogP contribution in [0.25, 0.3) is 10.9 Å². The van der Waals surface area contributed by atoms with Gasteiger partial charge >= 0.3 is 6.03 Å². The molecule has 4 aromatic rings. The van der Waals surface area contributed by atoms with Crippen molar-refractivity contribution in [3.8, 4) is 0 Å². The first-order valence-corrected chi connectivity index (χ1v) is 10.1. The second kappa shape index (κ2) is 8.62. The van der Waals surface area contributed by atoms with Crippen molar-refractivity contribution in [1.29, 1.82) is 0 Å². The number of hydrogen-bond donors (Lipinski definition) is 4. The van der Waals surface area contributed by atoms with Crippen molar-refractivity contribution in [2.45, 2.75) is 6.42 Å². The lowest BCUT2D eigenvalue weighted by Crippen LogP contribution is -2.24. The van der Waals surface area contributed by atoms with Crippen LogP contribution in [0.5, 0.6) is 0 Å². The fourth-order valence-corrected chi connectivity index (χ4v) is 3.88. The molecule has 146 valence electrons. The SMILES string of the molecule is O=C(Nc1ccccc1)Nc1ccc(C(=O)NCCc2c[nH]c3ccccc23)s1. The summed E-state index contributed by atoms with van der Waals surface area (Å²) < 4.78 is 0. The summed E-state index contributed by atoms with van der Waals surface area (Å²) in [5.41, 5.74) is 2.97. The molecule has 0 saturated heterocycles. The second-order valence-corrected chi connectivity index (χ2v) is 7.56. The summed E-state index contributed by atoms with van der Waals surface area (Å²) >= 11 is 1.24. The van der Waals surface area contributed by atoms with Gasteiger partial charge in [0.05, 0.1) is 9.88 Å². The minimum Gasteiger partial charge on any atom is -0.361 e. The Kier molecular flexibility index (Phi) is 5.58. The van der Waals surface area contributed by atoms with Crippen molar-refractivity contribution in [3.05, 3.63) is 83.4 Å². The number of H-pyrrole nitrogens is 1. The second-order valence-electron chi connectivity index (χ2n) is 6.47. The molecule has 2 aromatic carbocycles. The quantitative estimate of drug-likeness (QED) is 0.370. The molecule has 0 saturated carbocycles. The fraction of sp³-hybridized carbons (Fsp3) is 0.0909. The Morgan fingerprint density at radius 3 is 2.55 bits per heavy atom. The van der Waals surface area contributed by atoms with Crippen LogP contribution in [0.15, 0.2) is 72.9 Å². The van der Waals surface area contributed by atoms with E-state index < -0.39 is 0 Å². The van der Waals surface area contributed by atoms with Crippen LogP contribution in [-0.2, 0) is 6.42 Å². The van der Waals surface area contributed by atoms with Crippen LogP contribution in [0.3, 0.4) is 0 Å². The van der Waals surface area contributed by atoms with Gasteiger partial charge in [-0.05, 0) is 42.3 Å². The number of benzene rings is 2. The number of rotatable bonds is 6. The van der Waals surface area contributed by atoms with Crippen LogP contribution in [0.1, 0.15) is 15.2 Å². The Morgan fingerprint density at radius 2 is 1.69 bits per heavy atom. The minimum atomic E-state index is -0.343. The topological polar surface area (TPSA) is 86.0 Å². The number of urea groups is 1.